The maximum absolute atomic E-state index is 12.1. The van der Waals surface area contributed by atoms with Crippen LogP contribution < -0.4 is 14.4 Å². The number of ether oxygens (including phenoxy) is 1. The van der Waals surface area contributed by atoms with Crippen molar-refractivity contribution in [2.75, 3.05) is 30.3 Å². The number of halogens is 1. The van der Waals surface area contributed by atoms with Gasteiger partial charge in [0.15, 0.2) is 0 Å². The Morgan fingerprint density at radius 1 is 1.14 bits per heavy atom. The average Bonchev–Trinajstić information content (AvgIpc) is 2.64. The van der Waals surface area contributed by atoms with Crippen molar-refractivity contribution in [1.82, 2.24) is 5.32 Å². The van der Waals surface area contributed by atoms with E-state index in [9.17, 15) is 13.2 Å². The third-order valence-electron chi connectivity index (χ3n) is 4.01. The van der Waals surface area contributed by atoms with Crippen LogP contribution >= 0.6 is 11.6 Å². The minimum absolute atomic E-state index is 0.153. The monoisotopic (exact) mass is 424 g/mol. The summed E-state index contributed by atoms with van der Waals surface area (Å²) in [7, 11) is -3.42. The van der Waals surface area contributed by atoms with Crippen LogP contribution in [-0.4, -0.2) is 40.3 Å². The molecule has 2 aromatic rings. The van der Waals surface area contributed by atoms with E-state index in [1.54, 1.807) is 24.3 Å². The second-order valence-corrected chi connectivity index (χ2v) is 8.72. The second kappa shape index (κ2) is 10.3. The zero-order valence-corrected chi connectivity index (χ0v) is 17.6. The predicted molar refractivity (Wildman–Crippen MR) is 113 cm³/mol. The second-order valence-electron chi connectivity index (χ2n) is 6.40. The Labute approximate surface area is 171 Å². The Kier molecular flexibility index (Phi) is 8.14. The van der Waals surface area contributed by atoms with Gasteiger partial charge in [-0.25, -0.2) is 8.42 Å². The van der Waals surface area contributed by atoms with Crippen LogP contribution in [0.2, 0.25) is 5.02 Å². The largest absolute Gasteiger partial charge is 0.490 e. The summed E-state index contributed by atoms with van der Waals surface area (Å²) in [5.41, 5.74) is 1.65. The lowest BCUT2D eigenvalue weighted by atomic mass is 10.2. The highest BCUT2D eigenvalue weighted by Gasteiger charge is 2.17. The first kappa shape index (κ1) is 22.0. The number of aryl methyl sites for hydroxylation is 1. The summed E-state index contributed by atoms with van der Waals surface area (Å²) >= 11 is 5.99. The zero-order chi connectivity index (χ0) is 20.6. The number of amides is 1. The molecule has 6 nitrogen and oxygen atoms in total. The lowest BCUT2D eigenvalue weighted by Gasteiger charge is -2.22. The van der Waals surface area contributed by atoms with Crippen LogP contribution in [0.25, 0.3) is 0 Å². The molecule has 1 N–H and O–H groups in total. The van der Waals surface area contributed by atoms with Crippen molar-refractivity contribution in [3.05, 3.63) is 59.1 Å². The summed E-state index contributed by atoms with van der Waals surface area (Å²) in [5, 5.41) is 3.28. The van der Waals surface area contributed by atoms with Crippen molar-refractivity contribution in [1.29, 1.82) is 0 Å². The average molecular weight is 425 g/mol. The maximum Gasteiger partial charge on any atom is 0.232 e. The van der Waals surface area contributed by atoms with Crippen LogP contribution in [0, 0.1) is 6.92 Å². The van der Waals surface area contributed by atoms with Crippen LogP contribution in [0.15, 0.2) is 48.5 Å². The van der Waals surface area contributed by atoms with E-state index in [2.05, 4.69) is 5.32 Å². The van der Waals surface area contributed by atoms with E-state index in [0.29, 0.717) is 36.0 Å². The first-order valence-corrected chi connectivity index (χ1v) is 11.2. The fraction of sp³-hybridized carbons (Fsp3) is 0.350. The number of nitrogens with zero attached hydrogens (tertiary/aromatic N) is 1. The first-order valence-electron chi connectivity index (χ1n) is 8.96. The molecular formula is C20H25ClN2O4S. The highest BCUT2D eigenvalue weighted by atomic mass is 35.5. The van der Waals surface area contributed by atoms with Crippen LogP contribution in [0.3, 0.4) is 0 Å². The summed E-state index contributed by atoms with van der Waals surface area (Å²) < 4.78 is 31.0. The molecule has 152 valence electrons. The molecule has 0 saturated heterocycles. The fourth-order valence-electron chi connectivity index (χ4n) is 2.58. The molecule has 28 heavy (non-hydrogen) atoms. The van der Waals surface area contributed by atoms with Crippen LogP contribution in [0.5, 0.6) is 5.75 Å². The normalized spacial score (nSPS) is 11.1. The molecule has 1 amide bonds. The molecule has 0 fully saturated rings. The van der Waals surface area contributed by atoms with Crippen molar-refractivity contribution in [3.63, 3.8) is 0 Å². The van der Waals surface area contributed by atoms with Gasteiger partial charge in [0.05, 0.1) is 23.5 Å². The molecule has 0 aliphatic heterocycles. The number of nitrogens with one attached hydrogen (secondary N) is 1. The predicted octanol–water partition coefficient (Wildman–Crippen LogP) is 3.39. The number of para-hydroxylation sites is 1. The van der Waals surface area contributed by atoms with E-state index in [-0.39, 0.29) is 18.9 Å². The Morgan fingerprint density at radius 2 is 1.82 bits per heavy atom. The van der Waals surface area contributed by atoms with Crippen molar-refractivity contribution in [2.24, 2.45) is 0 Å². The third-order valence-corrected chi connectivity index (χ3v) is 5.51. The molecule has 8 heteroatoms. The molecule has 0 aromatic heterocycles. The number of carbonyl (C=O) groups excluding carboxylic acids is 1. The van der Waals surface area contributed by atoms with Gasteiger partial charge in [-0.05, 0) is 37.6 Å². The highest BCUT2D eigenvalue weighted by Crippen LogP contribution is 2.22. The number of anilines is 1. The van der Waals surface area contributed by atoms with E-state index >= 15 is 0 Å². The number of hydrogen-bond donors (Lipinski definition) is 1. The Hall–Kier alpha value is -2.25. The van der Waals surface area contributed by atoms with Gasteiger partial charge in [0.25, 0.3) is 0 Å². The lowest BCUT2D eigenvalue weighted by Crippen LogP contribution is -2.32. The lowest BCUT2D eigenvalue weighted by molar-refractivity contribution is -0.121. The van der Waals surface area contributed by atoms with E-state index in [1.165, 1.54) is 10.6 Å². The van der Waals surface area contributed by atoms with Gasteiger partial charge in [-0.15, -0.1) is 0 Å². The van der Waals surface area contributed by atoms with Crippen molar-refractivity contribution in [2.45, 2.75) is 19.8 Å². The fourth-order valence-corrected chi connectivity index (χ4v) is 3.74. The third kappa shape index (κ3) is 7.05. The van der Waals surface area contributed by atoms with Gasteiger partial charge in [-0.2, -0.15) is 0 Å². The molecule has 0 radical (unpaired) electrons. The number of benzene rings is 2. The maximum atomic E-state index is 12.1. The summed E-state index contributed by atoms with van der Waals surface area (Å²) in [6, 6.07) is 14.4. The standard InChI is InChI=1S/C20H25ClN2O4S/c1-16-9-11-17(12-10-16)23(28(2,25)26)14-5-8-20(24)22-13-15-27-19-7-4-3-6-18(19)21/h3-4,6-7,9-12H,5,8,13-15H2,1-2H3,(H,22,24). The molecule has 0 unspecified atom stereocenters. The summed E-state index contributed by atoms with van der Waals surface area (Å²) in [6.45, 7) is 2.83. The molecule has 0 aliphatic rings. The number of hydrogen-bond acceptors (Lipinski definition) is 4. The summed E-state index contributed by atoms with van der Waals surface area (Å²) in [5.74, 6) is 0.417. The van der Waals surface area contributed by atoms with Gasteiger partial charge in [0, 0.05) is 13.0 Å². The van der Waals surface area contributed by atoms with E-state index in [0.717, 1.165) is 5.56 Å². The Balaban J connectivity index is 1.75. The van der Waals surface area contributed by atoms with Crippen LogP contribution in [0.4, 0.5) is 5.69 Å². The zero-order valence-electron chi connectivity index (χ0n) is 16.0. The minimum Gasteiger partial charge on any atom is -0.490 e. The quantitative estimate of drug-likeness (QED) is 0.593. The molecule has 0 atom stereocenters. The van der Waals surface area contributed by atoms with Crippen LogP contribution in [0.1, 0.15) is 18.4 Å². The SMILES string of the molecule is Cc1ccc(N(CCCC(=O)NCCOc2ccccc2Cl)S(C)(=O)=O)cc1. The van der Waals surface area contributed by atoms with Gasteiger partial charge in [-0.1, -0.05) is 41.4 Å². The van der Waals surface area contributed by atoms with Gasteiger partial charge in [0.2, 0.25) is 15.9 Å². The Bertz CT molecular complexity index is 885. The molecule has 0 heterocycles. The van der Waals surface area contributed by atoms with Crippen molar-refractivity contribution < 1.29 is 17.9 Å². The van der Waals surface area contributed by atoms with E-state index in [1.807, 2.05) is 31.2 Å². The first-order chi connectivity index (χ1) is 13.3. The molecule has 0 saturated carbocycles. The Morgan fingerprint density at radius 3 is 2.46 bits per heavy atom. The van der Waals surface area contributed by atoms with Gasteiger partial charge >= 0.3 is 0 Å². The van der Waals surface area contributed by atoms with E-state index < -0.39 is 10.0 Å². The molecule has 0 spiro atoms. The number of rotatable bonds is 10. The summed E-state index contributed by atoms with van der Waals surface area (Å²) in [6.07, 6.45) is 1.81. The van der Waals surface area contributed by atoms with Gasteiger partial charge < -0.3 is 10.1 Å². The molecule has 0 aliphatic carbocycles. The number of sulfonamides is 1. The van der Waals surface area contributed by atoms with Gasteiger partial charge in [0.1, 0.15) is 12.4 Å². The molecule has 0 bridgehead atoms. The minimum atomic E-state index is -3.42. The molecule has 2 rings (SSSR count). The molecular weight excluding hydrogens is 400 g/mol. The topological polar surface area (TPSA) is 75.7 Å². The highest BCUT2D eigenvalue weighted by molar-refractivity contribution is 7.92. The smallest absolute Gasteiger partial charge is 0.232 e. The van der Waals surface area contributed by atoms with Crippen LogP contribution in [-0.2, 0) is 14.8 Å². The summed E-state index contributed by atoms with van der Waals surface area (Å²) in [4.78, 5) is 12.0. The van der Waals surface area contributed by atoms with Crippen molar-refractivity contribution in [3.8, 4) is 5.75 Å². The number of carbonyl (C=O) groups is 1. The van der Waals surface area contributed by atoms with Crippen molar-refractivity contribution >= 4 is 33.2 Å². The molecule has 2 aromatic carbocycles. The van der Waals surface area contributed by atoms with E-state index in [4.69, 9.17) is 16.3 Å². The van der Waals surface area contributed by atoms with Gasteiger partial charge in [-0.3, -0.25) is 9.10 Å².